The Hall–Kier alpha value is -2.07. The van der Waals surface area contributed by atoms with Crippen molar-refractivity contribution >= 4 is 23.4 Å². The number of anilines is 1. The summed E-state index contributed by atoms with van der Waals surface area (Å²) in [6.45, 7) is 5.55. The third-order valence-electron chi connectivity index (χ3n) is 3.26. The van der Waals surface area contributed by atoms with Crippen molar-refractivity contribution in [2.75, 3.05) is 5.32 Å². The molecule has 1 aromatic heterocycles. The summed E-state index contributed by atoms with van der Waals surface area (Å²) in [5.74, 6) is -0.603. The smallest absolute Gasteiger partial charge is 0.339 e. The predicted octanol–water partition coefficient (Wildman–Crippen LogP) is 4.22. The highest BCUT2D eigenvalue weighted by Gasteiger charge is 2.17. The third kappa shape index (κ3) is 3.52. The van der Waals surface area contributed by atoms with Gasteiger partial charge in [0.15, 0.2) is 0 Å². The number of hydrogen-bond donors (Lipinski definition) is 2. The molecule has 0 aliphatic heterocycles. The Morgan fingerprint density at radius 1 is 1.33 bits per heavy atom. The maximum Gasteiger partial charge on any atom is 0.339 e. The minimum Gasteiger partial charge on any atom is -0.478 e. The average molecular weight is 305 g/mol. The van der Waals surface area contributed by atoms with Gasteiger partial charge in [-0.3, -0.25) is 0 Å². The second-order valence-electron chi connectivity index (χ2n) is 5.03. The number of hydrogen-bond acceptors (Lipinski definition) is 3. The fourth-order valence-corrected chi connectivity index (χ4v) is 2.47. The van der Waals surface area contributed by atoms with E-state index >= 15 is 0 Å². The number of nitrogens with one attached hydrogen (secondary N) is 1. The van der Waals surface area contributed by atoms with Crippen molar-refractivity contribution in [3.05, 3.63) is 57.7 Å². The summed E-state index contributed by atoms with van der Waals surface area (Å²) in [6.07, 6.45) is 0. The van der Waals surface area contributed by atoms with Crippen LogP contribution in [0.2, 0.25) is 5.02 Å². The van der Waals surface area contributed by atoms with Gasteiger partial charge in [0.25, 0.3) is 0 Å². The van der Waals surface area contributed by atoms with E-state index in [1.165, 1.54) is 0 Å². The molecule has 110 valence electrons. The van der Waals surface area contributed by atoms with Gasteiger partial charge < -0.3 is 10.4 Å². The first kappa shape index (κ1) is 15.3. The number of aromatic nitrogens is 1. The molecule has 0 fully saturated rings. The molecule has 2 N–H and O–H groups in total. The summed E-state index contributed by atoms with van der Waals surface area (Å²) in [5.41, 5.74) is 2.64. The van der Waals surface area contributed by atoms with Crippen LogP contribution < -0.4 is 5.32 Å². The van der Waals surface area contributed by atoms with Crippen molar-refractivity contribution in [3.63, 3.8) is 0 Å². The Kier molecular flexibility index (Phi) is 4.48. The van der Waals surface area contributed by atoms with Crippen LogP contribution in [0.3, 0.4) is 0 Å². The van der Waals surface area contributed by atoms with E-state index in [4.69, 9.17) is 11.6 Å². The van der Waals surface area contributed by atoms with Crippen LogP contribution in [0.1, 0.15) is 40.1 Å². The summed E-state index contributed by atoms with van der Waals surface area (Å²) in [5, 5.41) is 13.2. The average Bonchev–Trinajstić information content (AvgIpc) is 2.37. The number of aryl methyl sites for hydroxylation is 2. The van der Waals surface area contributed by atoms with Crippen LogP contribution in [0.5, 0.6) is 0 Å². The van der Waals surface area contributed by atoms with Crippen LogP contribution in [0.4, 0.5) is 5.82 Å². The second-order valence-corrected chi connectivity index (χ2v) is 5.47. The van der Waals surface area contributed by atoms with Crippen LogP contribution >= 0.6 is 11.6 Å². The van der Waals surface area contributed by atoms with E-state index in [0.717, 1.165) is 11.3 Å². The normalized spacial score (nSPS) is 12.0. The molecule has 0 saturated carbocycles. The Bertz CT molecular complexity index is 686. The number of carboxylic acids is 1. The van der Waals surface area contributed by atoms with Crippen molar-refractivity contribution in [2.24, 2.45) is 0 Å². The van der Waals surface area contributed by atoms with E-state index in [9.17, 15) is 9.90 Å². The van der Waals surface area contributed by atoms with Crippen LogP contribution in [0.15, 0.2) is 30.3 Å². The van der Waals surface area contributed by atoms with E-state index < -0.39 is 5.97 Å². The molecule has 1 aromatic carbocycles. The van der Waals surface area contributed by atoms with Crippen LogP contribution in [-0.4, -0.2) is 16.1 Å². The Morgan fingerprint density at radius 2 is 2.05 bits per heavy atom. The molecule has 0 aliphatic rings. The lowest BCUT2D eigenvalue weighted by Crippen LogP contribution is -2.14. The fraction of sp³-hybridized carbons (Fsp3) is 0.250. The molecule has 4 nitrogen and oxygen atoms in total. The molecule has 2 aromatic rings. The van der Waals surface area contributed by atoms with Gasteiger partial charge in [0.1, 0.15) is 11.4 Å². The zero-order chi connectivity index (χ0) is 15.6. The molecule has 0 saturated heterocycles. The van der Waals surface area contributed by atoms with Crippen molar-refractivity contribution in [3.8, 4) is 0 Å². The van der Waals surface area contributed by atoms with Gasteiger partial charge in [0.2, 0.25) is 0 Å². The van der Waals surface area contributed by atoms with E-state index in [2.05, 4.69) is 10.3 Å². The number of nitrogens with zero attached hydrogens (tertiary/aromatic N) is 1. The zero-order valence-corrected chi connectivity index (χ0v) is 12.9. The molecular formula is C16H17ClN2O2. The first-order valence-corrected chi connectivity index (χ1v) is 7.00. The highest BCUT2D eigenvalue weighted by atomic mass is 35.5. The Morgan fingerprint density at radius 3 is 2.67 bits per heavy atom. The van der Waals surface area contributed by atoms with E-state index in [-0.39, 0.29) is 11.6 Å². The largest absolute Gasteiger partial charge is 0.478 e. The molecule has 21 heavy (non-hydrogen) atoms. The minimum absolute atomic E-state index is 0.101. The number of rotatable bonds is 4. The number of benzene rings is 1. The topological polar surface area (TPSA) is 62.2 Å². The summed E-state index contributed by atoms with van der Waals surface area (Å²) in [7, 11) is 0. The molecule has 0 bridgehead atoms. The van der Waals surface area contributed by atoms with Crippen molar-refractivity contribution in [1.82, 2.24) is 4.98 Å². The molecule has 2 rings (SSSR count). The Balaban J connectivity index is 2.37. The van der Waals surface area contributed by atoms with Gasteiger partial charge in [-0.1, -0.05) is 23.7 Å². The van der Waals surface area contributed by atoms with Gasteiger partial charge >= 0.3 is 5.97 Å². The number of carboxylic acid groups (broad SMARTS) is 1. The highest BCUT2D eigenvalue weighted by molar-refractivity contribution is 6.30. The van der Waals surface area contributed by atoms with Crippen molar-refractivity contribution in [2.45, 2.75) is 26.8 Å². The van der Waals surface area contributed by atoms with Gasteiger partial charge in [0.05, 0.1) is 6.04 Å². The van der Waals surface area contributed by atoms with Crippen LogP contribution in [0, 0.1) is 13.8 Å². The summed E-state index contributed by atoms with van der Waals surface area (Å²) < 4.78 is 0. The lowest BCUT2D eigenvalue weighted by Gasteiger charge is -2.18. The molecule has 1 unspecified atom stereocenters. The van der Waals surface area contributed by atoms with E-state index in [0.29, 0.717) is 16.4 Å². The first-order valence-electron chi connectivity index (χ1n) is 6.62. The molecular weight excluding hydrogens is 288 g/mol. The highest BCUT2D eigenvalue weighted by Crippen LogP contribution is 2.25. The maximum absolute atomic E-state index is 11.4. The SMILES string of the molecule is Cc1cc(C)c(C(=O)O)c(NC(C)c2cccc(Cl)c2)n1. The monoisotopic (exact) mass is 304 g/mol. The fourth-order valence-electron chi connectivity index (χ4n) is 2.28. The predicted molar refractivity (Wildman–Crippen MR) is 84.2 cm³/mol. The van der Waals surface area contributed by atoms with E-state index in [1.807, 2.05) is 32.0 Å². The number of aromatic carboxylic acids is 1. The maximum atomic E-state index is 11.4. The van der Waals surface area contributed by atoms with Crippen molar-refractivity contribution in [1.29, 1.82) is 0 Å². The zero-order valence-electron chi connectivity index (χ0n) is 12.1. The van der Waals surface area contributed by atoms with Gasteiger partial charge in [-0.15, -0.1) is 0 Å². The van der Waals surface area contributed by atoms with Gasteiger partial charge in [-0.05, 0) is 50.1 Å². The van der Waals surface area contributed by atoms with Crippen LogP contribution in [-0.2, 0) is 0 Å². The Labute approximate surface area is 128 Å². The quantitative estimate of drug-likeness (QED) is 0.887. The molecule has 0 aliphatic carbocycles. The summed E-state index contributed by atoms with van der Waals surface area (Å²) >= 11 is 5.99. The standard InChI is InChI=1S/C16H17ClN2O2/c1-9-7-10(2)18-15(14(9)16(20)21)19-11(3)12-5-4-6-13(17)8-12/h4-8,11H,1-3H3,(H,18,19)(H,20,21). The lowest BCUT2D eigenvalue weighted by molar-refractivity contribution is 0.0696. The van der Waals surface area contributed by atoms with E-state index in [1.54, 1.807) is 19.1 Å². The van der Waals surface area contributed by atoms with Gasteiger partial charge in [0, 0.05) is 10.7 Å². The summed E-state index contributed by atoms with van der Waals surface area (Å²) in [6, 6.07) is 9.11. The van der Waals surface area contributed by atoms with Crippen molar-refractivity contribution < 1.29 is 9.90 Å². The van der Waals surface area contributed by atoms with Gasteiger partial charge in [-0.25, -0.2) is 9.78 Å². The minimum atomic E-state index is -0.985. The summed E-state index contributed by atoms with van der Waals surface area (Å²) in [4.78, 5) is 15.7. The third-order valence-corrected chi connectivity index (χ3v) is 3.50. The molecule has 0 spiro atoms. The number of carbonyl (C=O) groups is 1. The van der Waals surface area contributed by atoms with Gasteiger partial charge in [-0.2, -0.15) is 0 Å². The molecule has 0 amide bonds. The second kappa shape index (κ2) is 6.14. The molecule has 0 radical (unpaired) electrons. The molecule has 5 heteroatoms. The number of halogens is 1. The lowest BCUT2D eigenvalue weighted by atomic mass is 10.1. The molecule has 1 heterocycles. The van der Waals surface area contributed by atoms with Crippen LogP contribution in [0.25, 0.3) is 0 Å². The first-order chi connectivity index (χ1) is 9.88. The molecule has 1 atom stereocenters. The number of pyridine rings is 1.